The van der Waals surface area contributed by atoms with Crippen molar-refractivity contribution in [1.82, 2.24) is 0 Å². The molecule has 1 aliphatic heterocycles. The lowest BCUT2D eigenvalue weighted by molar-refractivity contribution is -0.0546. The number of benzene rings is 2. The van der Waals surface area contributed by atoms with Crippen molar-refractivity contribution in [3.63, 3.8) is 0 Å². The Morgan fingerprint density at radius 3 is 2.35 bits per heavy atom. The number of aryl methyl sites for hydroxylation is 1. The summed E-state index contributed by atoms with van der Waals surface area (Å²) in [7, 11) is 5.02. The average molecular weight is 356 g/mol. The van der Waals surface area contributed by atoms with E-state index in [2.05, 4.69) is 24.3 Å². The minimum Gasteiger partial charge on any atom is -0.497 e. The van der Waals surface area contributed by atoms with Crippen molar-refractivity contribution in [3.05, 3.63) is 53.6 Å². The average Bonchev–Trinajstić information content (AvgIpc) is 2.72. The van der Waals surface area contributed by atoms with Crippen LogP contribution in [0.1, 0.15) is 42.9 Å². The molecule has 2 atom stereocenters. The molecule has 1 heterocycles. The third-order valence-electron chi connectivity index (χ3n) is 5.04. The smallest absolute Gasteiger partial charge is 0.160 e. The highest BCUT2D eigenvalue weighted by Gasteiger charge is 2.23. The minimum absolute atomic E-state index is 0.185. The lowest BCUT2D eigenvalue weighted by atomic mass is 9.95. The predicted octanol–water partition coefficient (Wildman–Crippen LogP) is 4.96. The molecule has 3 rings (SSSR count). The summed E-state index contributed by atoms with van der Waals surface area (Å²) in [5.74, 6) is 2.44. The van der Waals surface area contributed by atoms with Crippen LogP contribution in [0.4, 0.5) is 0 Å². The number of hydrogen-bond acceptors (Lipinski definition) is 4. The molecule has 0 aromatic heterocycles. The van der Waals surface area contributed by atoms with E-state index in [4.69, 9.17) is 18.9 Å². The Balaban J connectivity index is 1.58. The monoisotopic (exact) mass is 356 g/mol. The van der Waals surface area contributed by atoms with Gasteiger partial charge in [0.2, 0.25) is 0 Å². The van der Waals surface area contributed by atoms with Gasteiger partial charge in [-0.1, -0.05) is 18.2 Å². The Labute approximate surface area is 156 Å². The summed E-state index contributed by atoms with van der Waals surface area (Å²) < 4.78 is 22.3. The van der Waals surface area contributed by atoms with E-state index in [1.165, 1.54) is 17.5 Å². The van der Waals surface area contributed by atoms with Crippen molar-refractivity contribution >= 4 is 0 Å². The highest BCUT2D eigenvalue weighted by Crippen LogP contribution is 2.34. The molecule has 1 fully saturated rings. The molecule has 1 aliphatic rings. The van der Waals surface area contributed by atoms with E-state index in [0.29, 0.717) is 6.10 Å². The van der Waals surface area contributed by atoms with E-state index >= 15 is 0 Å². The topological polar surface area (TPSA) is 36.9 Å². The fraction of sp³-hybridized carbons (Fsp3) is 0.455. The number of rotatable bonds is 7. The quantitative estimate of drug-likeness (QED) is 0.703. The molecule has 4 heteroatoms. The SMILES string of the molecule is COc1ccc([C@H]2CCC[C@@H](CCc3ccc(OC)c(OC)c3)O2)cc1. The third kappa shape index (κ3) is 4.50. The summed E-state index contributed by atoms with van der Waals surface area (Å²) >= 11 is 0. The summed E-state index contributed by atoms with van der Waals surface area (Å²) in [6, 6.07) is 14.4. The van der Waals surface area contributed by atoms with Crippen LogP contribution in [0.5, 0.6) is 17.2 Å². The van der Waals surface area contributed by atoms with E-state index in [9.17, 15) is 0 Å². The number of methoxy groups -OCH3 is 3. The molecule has 4 nitrogen and oxygen atoms in total. The molecule has 26 heavy (non-hydrogen) atoms. The van der Waals surface area contributed by atoms with Gasteiger partial charge in [-0.05, 0) is 67.5 Å². The van der Waals surface area contributed by atoms with Gasteiger partial charge in [-0.25, -0.2) is 0 Å². The van der Waals surface area contributed by atoms with E-state index in [-0.39, 0.29) is 6.10 Å². The van der Waals surface area contributed by atoms with Crippen molar-refractivity contribution in [1.29, 1.82) is 0 Å². The van der Waals surface area contributed by atoms with E-state index < -0.39 is 0 Å². The van der Waals surface area contributed by atoms with Crippen molar-refractivity contribution in [3.8, 4) is 17.2 Å². The van der Waals surface area contributed by atoms with Crippen molar-refractivity contribution in [2.45, 2.75) is 44.3 Å². The van der Waals surface area contributed by atoms with Gasteiger partial charge in [-0.15, -0.1) is 0 Å². The van der Waals surface area contributed by atoms with Gasteiger partial charge in [-0.2, -0.15) is 0 Å². The van der Waals surface area contributed by atoms with Crippen LogP contribution >= 0.6 is 0 Å². The van der Waals surface area contributed by atoms with Crippen LogP contribution in [0.25, 0.3) is 0 Å². The molecule has 0 N–H and O–H groups in total. The van der Waals surface area contributed by atoms with Crippen LogP contribution in [-0.4, -0.2) is 27.4 Å². The largest absolute Gasteiger partial charge is 0.497 e. The fourth-order valence-electron chi connectivity index (χ4n) is 3.54. The number of ether oxygens (including phenoxy) is 4. The normalized spacial score (nSPS) is 19.8. The molecule has 140 valence electrons. The second kappa shape index (κ2) is 8.95. The van der Waals surface area contributed by atoms with Crippen LogP contribution in [0, 0.1) is 0 Å². The lowest BCUT2D eigenvalue weighted by Crippen LogP contribution is -2.23. The Bertz CT molecular complexity index is 696. The number of hydrogen-bond donors (Lipinski definition) is 0. The van der Waals surface area contributed by atoms with Crippen LogP contribution in [-0.2, 0) is 11.2 Å². The fourth-order valence-corrected chi connectivity index (χ4v) is 3.54. The Kier molecular flexibility index (Phi) is 6.40. The van der Waals surface area contributed by atoms with Gasteiger partial charge in [0.15, 0.2) is 11.5 Å². The molecule has 0 amide bonds. The Morgan fingerprint density at radius 1 is 0.885 bits per heavy atom. The van der Waals surface area contributed by atoms with Gasteiger partial charge in [0.1, 0.15) is 5.75 Å². The summed E-state index contributed by atoms with van der Waals surface area (Å²) in [6.45, 7) is 0. The van der Waals surface area contributed by atoms with Gasteiger partial charge < -0.3 is 18.9 Å². The standard InChI is InChI=1S/C22H28O4/c1-23-18-12-9-17(10-13-18)20-6-4-5-19(26-20)11-7-16-8-14-21(24-2)22(15-16)25-3/h8-10,12-15,19-20H,4-7,11H2,1-3H3/t19-,20+/m0/s1. The molecular weight excluding hydrogens is 328 g/mol. The Hall–Kier alpha value is -2.20. The molecule has 1 saturated heterocycles. The van der Waals surface area contributed by atoms with E-state index in [1.54, 1.807) is 21.3 Å². The molecule has 0 spiro atoms. The van der Waals surface area contributed by atoms with Crippen molar-refractivity contribution < 1.29 is 18.9 Å². The second-order valence-electron chi connectivity index (χ2n) is 6.68. The maximum Gasteiger partial charge on any atom is 0.160 e. The first kappa shape index (κ1) is 18.6. The molecule has 0 aliphatic carbocycles. The zero-order valence-corrected chi connectivity index (χ0v) is 15.9. The first-order chi connectivity index (χ1) is 12.7. The maximum absolute atomic E-state index is 6.37. The first-order valence-corrected chi connectivity index (χ1v) is 9.23. The van der Waals surface area contributed by atoms with Crippen molar-refractivity contribution in [2.24, 2.45) is 0 Å². The lowest BCUT2D eigenvalue weighted by Gasteiger charge is -2.30. The second-order valence-corrected chi connectivity index (χ2v) is 6.68. The Morgan fingerprint density at radius 2 is 1.65 bits per heavy atom. The first-order valence-electron chi connectivity index (χ1n) is 9.23. The van der Waals surface area contributed by atoms with Gasteiger partial charge in [-0.3, -0.25) is 0 Å². The maximum atomic E-state index is 6.37. The summed E-state index contributed by atoms with van der Waals surface area (Å²) in [5.41, 5.74) is 2.49. The molecule has 0 radical (unpaired) electrons. The van der Waals surface area contributed by atoms with Crippen LogP contribution in [0.15, 0.2) is 42.5 Å². The summed E-state index contributed by atoms with van der Waals surface area (Å²) in [5, 5.41) is 0. The van der Waals surface area contributed by atoms with E-state index in [1.807, 2.05) is 18.2 Å². The molecular formula is C22H28O4. The molecule has 0 unspecified atom stereocenters. The minimum atomic E-state index is 0.185. The zero-order valence-electron chi connectivity index (χ0n) is 15.9. The van der Waals surface area contributed by atoms with Crippen LogP contribution in [0.3, 0.4) is 0 Å². The molecule has 0 bridgehead atoms. The summed E-state index contributed by atoms with van der Waals surface area (Å²) in [4.78, 5) is 0. The third-order valence-corrected chi connectivity index (χ3v) is 5.04. The summed E-state index contributed by atoms with van der Waals surface area (Å²) in [6.07, 6.45) is 5.88. The van der Waals surface area contributed by atoms with Gasteiger partial charge in [0, 0.05) is 0 Å². The predicted molar refractivity (Wildman–Crippen MR) is 102 cm³/mol. The van der Waals surface area contributed by atoms with Gasteiger partial charge in [0.25, 0.3) is 0 Å². The van der Waals surface area contributed by atoms with Crippen LogP contribution in [0.2, 0.25) is 0 Å². The molecule has 0 saturated carbocycles. The van der Waals surface area contributed by atoms with Gasteiger partial charge in [0.05, 0.1) is 33.5 Å². The van der Waals surface area contributed by atoms with Gasteiger partial charge >= 0.3 is 0 Å². The highest BCUT2D eigenvalue weighted by atomic mass is 16.5. The molecule has 2 aromatic carbocycles. The zero-order chi connectivity index (χ0) is 18.4. The van der Waals surface area contributed by atoms with E-state index in [0.717, 1.165) is 42.9 Å². The van der Waals surface area contributed by atoms with Crippen LogP contribution < -0.4 is 14.2 Å². The molecule has 2 aromatic rings. The highest BCUT2D eigenvalue weighted by molar-refractivity contribution is 5.42. The van der Waals surface area contributed by atoms with Crippen molar-refractivity contribution in [2.75, 3.05) is 21.3 Å².